The molecule has 4 rings (SSSR count). The Hall–Kier alpha value is -2.39. The van der Waals surface area contributed by atoms with Gasteiger partial charge in [-0.2, -0.15) is 0 Å². The van der Waals surface area contributed by atoms with Gasteiger partial charge >= 0.3 is 0 Å². The Kier molecular flexibility index (Phi) is 7.15. The largest absolute Gasteiger partial charge is 0.353 e. The summed E-state index contributed by atoms with van der Waals surface area (Å²) in [7, 11) is 0. The number of benzene rings is 1. The molecule has 2 aromatic rings. The molecule has 170 valence electrons. The lowest BCUT2D eigenvalue weighted by molar-refractivity contribution is -0.127. The number of anilines is 1. The molecule has 2 aliphatic heterocycles. The lowest BCUT2D eigenvalue weighted by Crippen LogP contribution is -2.54. The van der Waals surface area contributed by atoms with E-state index in [4.69, 9.17) is 11.6 Å². The maximum atomic E-state index is 13.2. The Labute approximate surface area is 195 Å². The normalized spacial score (nSPS) is 18.8. The number of likely N-dealkylation sites (tertiary alicyclic amines) is 1. The molecule has 3 heterocycles. The maximum absolute atomic E-state index is 13.2. The molecule has 1 aromatic carbocycles. The van der Waals surface area contributed by atoms with Crippen LogP contribution in [0.2, 0.25) is 5.15 Å². The standard InChI is InChI=1S/C22H25ClFN5O2S/c1-15-13-28(10-11-29(15)21(31)16-4-6-17(24)7-5-16)19-12-18(23)25-22(26-19)32-14-20(30)27-8-2-3-9-27/h4-7,12,15H,2-3,8-11,13-14H2,1H3. The molecule has 2 saturated heterocycles. The molecule has 10 heteroatoms. The van der Waals surface area contributed by atoms with Crippen molar-refractivity contribution in [3.8, 4) is 0 Å². The lowest BCUT2D eigenvalue weighted by Gasteiger charge is -2.40. The SMILES string of the molecule is CC1CN(c2cc(Cl)nc(SCC(=O)N3CCCC3)n2)CCN1C(=O)c1ccc(F)cc1. The third kappa shape index (κ3) is 5.32. The van der Waals surface area contributed by atoms with Gasteiger partial charge in [0.2, 0.25) is 5.91 Å². The molecule has 2 aliphatic rings. The minimum atomic E-state index is -0.365. The van der Waals surface area contributed by atoms with Crippen molar-refractivity contribution in [1.82, 2.24) is 19.8 Å². The van der Waals surface area contributed by atoms with Crippen LogP contribution in [-0.4, -0.2) is 76.1 Å². The number of thioether (sulfide) groups is 1. The first kappa shape index (κ1) is 22.8. The molecule has 1 aromatic heterocycles. The van der Waals surface area contributed by atoms with Gasteiger partial charge in [-0.05, 0) is 44.0 Å². The van der Waals surface area contributed by atoms with E-state index in [1.807, 2.05) is 11.8 Å². The van der Waals surface area contributed by atoms with E-state index in [9.17, 15) is 14.0 Å². The second-order valence-electron chi connectivity index (χ2n) is 8.01. The first-order valence-corrected chi connectivity index (χ1v) is 12.0. The smallest absolute Gasteiger partial charge is 0.254 e. The molecule has 0 spiro atoms. The number of hydrogen-bond acceptors (Lipinski definition) is 6. The summed E-state index contributed by atoms with van der Waals surface area (Å²) in [6.07, 6.45) is 2.12. The van der Waals surface area contributed by atoms with Crippen LogP contribution in [0.1, 0.15) is 30.1 Å². The summed E-state index contributed by atoms with van der Waals surface area (Å²) in [5.74, 6) is 0.585. The summed E-state index contributed by atoms with van der Waals surface area (Å²) in [4.78, 5) is 39.7. The lowest BCUT2D eigenvalue weighted by atomic mass is 10.1. The van der Waals surface area contributed by atoms with Crippen LogP contribution >= 0.6 is 23.4 Å². The fourth-order valence-corrected chi connectivity index (χ4v) is 5.01. The first-order valence-electron chi connectivity index (χ1n) is 10.7. The van der Waals surface area contributed by atoms with Crippen LogP contribution in [0.5, 0.6) is 0 Å². The van der Waals surface area contributed by atoms with Crippen molar-refractivity contribution in [1.29, 1.82) is 0 Å². The molecule has 2 amide bonds. The van der Waals surface area contributed by atoms with Crippen molar-refractivity contribution in [2.75, 3.05) is 43.4 Å². The maximum Gasteiger partial charge on any atom is 0.254 e. The van der Waals surface area contributed by atoms with Crippen LogP contribution in [0.15, 0.2) is 35.5 Å². The van der Waals surface area contributed by atoms with E-state index in [1.54, 1.807) is 11.0 Å². The van der Waals surface area contributed by atoms with E-state index < -0.39 is 0 Å². The molecular weight excluding hydrogens is 453 g/mol. The zero-order chi connectivity index (χ0) is 22.7. The number of nitrogens with zero attached hydrogens (tertiary/aromatic N) is 5. The number of carbonyl (C=O) groups is 2. The topological polar surface area (TPSA) is 69.6 Å². The van der Waals surface area contributed by atoms with Gasteiger partial charge in [-0.3, -0.25) is 9.59 Å². The molecule has 32 heavy (non-hydrogen) atoms. The van der Waals surface area contributed by atoms with Gasteiger partial charge in [-0.1, -0.05) is 23.4 Å². The van der Waals surface area contributed by atoms with E-state index >= 15 is 0 Å². The van der Waals surface area contributed by atoms with Crippen LogP contribution in [0.3, 0.4) is 0 Å². The summed E-state index contributed by atoms with van der Waals surface area (Å²) in [5, 5.41) is 0.793. The highest BCUT2D eigenvalue weighted by atomic mass is 35.5. The molecule has 7 nitrogen and oxygen atoms in total. The van der Waals surface area contributed by atoms with E-state index in [0.29, 0.717) is 41.3 Å². The number of rotatable bonds is 5. The number of amides is 2. The van der Waals surface area contributed by atoms with Crippen LogP contribution in [0, 0.1) is 5.82 Å². The summed E-state index contributed by atoms with van der Waals surface area (Å²) < 4.78 is 13.2. The molecule has 0 saturated carbocycles. The molecule has 0 N–H and O–H groups in total. The van der Waals surface area contributed by atoms with Gasteiger partial charge in [0.25, 0.3) is 5.91 Å². The third-order valence-corrected chi connectivity index (χ3v) is 6.77. The highest BCUT2D eigenvalue weighted by molar-refractivity contribution is 7.99. The Morgan fingerprint density at radius 1 is 1.12 bits per heavy atom. The van der Waals surface area contributed by atoms with Crippen molar-refractivity contribution in [3.63, 3.8) is 0 Å². The first-order chi connectivity index (χ1) is 15.4. The molecular formula is C22H25ClFN5O2S. The number of hydrogen-bond donors (Lipinski definition) is 0. The minimum Gasteiger partial charge on any atom is -0.353 e. The molecule has 1 unspecified atom stereocenters. The van der Waals surface area contributed by atoms with Crippen molar-refractivity contribution in [3.05, 3.63) is 46.9 Å². The zero-order valence-electron chi connectivity index (χ0n) is 17.8. The van der Waals surface area contributed by atoms with Crippen molar-refractivity contribution < 1.29 is 14.0 Å². The minimum absolute atomic E-state index is 0.0668. The van der Waals surface area contributed by atoms with Crippen LogP contribution in [-0.2, 0) is 4.79 Å². The van der Waals surface area contributed by atoms with Gasteiger partial charge in [0, 0.05) is 50.4 Å². The van der Waals surface area contributed by atoms with Crippen LogP contribution in [0.25, 0.3) is 0 Å². The summed E-state index contributed by atoms with van der Waals surface area (Å²) >= 11 is 7.53. The number of aromatic nitrogens is 2. The van der Waals surface area contributed by atoms with E-state index in [2.05, 4.69) is 14.9 Å². The highest BCUT2D eigenvalue weighted by Gasteiger charge is 2.29. The molecule has 2 fully saturated rings. The monoisotopic (exact) mass is 477 g/mol. The fraction of sp³-hybridized carbons (Fsp3) is 0.455. The third-order valence-electron chi connectivity index (χ3n) is 5.75. The van der Waals surface area contributed by atoms with Crippen molar-refractivity contribution >= 4 is 41.0 Å². The number of halogens is 2. The van der Waals surface area contributed by atoms with Gasteiger partial charge in [-0.15, -0.1) is 0 Å². The van der Waals surface area contributed by atoms with E-state index in [-0.39, 0.29) is 29.4 Å². The van der Waals surface area contributed by atoms with Gasteiger partial charge in [0.1, 0.15) is 16.8 Å². The Balaban J connectivity index is 1.39. The van der Waals surface area contributed by atoms with E-state index in [1.165, 1.54) is 36.0 Å². The van der Waals surface area contributed by atoms with E-state index in [0.717, 1.165) is 25.9 Å². The fourth-order valence-electron chi connectivity index (χ4n) is 4.02. The molecule has 0 bridgehead atoms. The zero-order valence-corrected chi connectivity index (χ0v) is 19.4. The predicted molar refractivity (Wildman–Crippen MR) is 123 cm³/mol. The van der Waals surface area contributed by atoms with Crippen LogP contribution in [0.4, 0.5) is 10.2 Å². The van der Waals surface area contributed by atoms with Crippen LogP contribution < -0.4 is 4.90 Å². The number of carbonyl (C=O) groups excluding carboxylic acids is 2. The van der Waals surface area contributed by atoms with Gasteiger partial charge < -0.3 is 14.7 Å². The Bertz CT molecular complexity index is 987. The second-order valence-corrected chi connectivity index (χ2v) is 9.34. The predicted octanol–water partition coefficient (Wildman–Crippen LogP) is 3.33. The Morgan fingerprint density at radius 3 is 2.53 bits per heavy atom. The van der Waals surface area contributed by atoms with Gasteiger partial charge in [-0.25, -0.2) is 14.4 Å². The molecule has 0 radical (unpaired) electrons. The highest BCUT2D eigenvalue weighted by Crippen LogP contribution is 2.25. The molecule has 1 atom stereocenters. The average Bonchev–Trinajstić information content (AvgIpc) is 3.32. The Morgan fingerprint density at radius 2 is 1.84 bits per heavy atom. The van der Waals surface area contributed by atoms with Gasteiger partial charge in [0.05, 0.1) is 5.75 Å². The van der Waals surface area contributed by atoms with Crippen molar-refractivity contribution in [2.45, 2.75) is 31.0 Å². The number of piperazine rings is 1. The summed E-state index contributed by atoms with van der Waals surface area (Å²) in [6.45, 7) is 5.29. The van der Waals surface area contributed by atoms with Crippen molar-refractivity contribution in [2.24, 2.45) is 0 Å². The second kappa shape index (κ2) is 10.0. The summed E-state index contributed by atoms with van der Waals surface area (Å²) in [6, 6.07) is 7.25. The summed E-state index contributed by atoms with van der Waals surface area (Å²) in [5.41, 5.74) is 0.470. The molecule has 0 aliphatic carbocycles. The van der Waals surface area contributed by atoms with Gasteiger partial charge in [0.15, 0.2) is 5.16 Å². The average molecular weight is 478 g/mol. The quantitative estimate of drug-likeness (QED) is 0.374.